The molecule has 0 amide bonds. The van der Waals surface area contributed by atoms with Gasteiger partial charge >= 0.3 is 19.8 Å². The lowest BCUT2D eigenvalue weighted by molar-refractivity contribution is -0.161. The zero-order chi connectivity index (χ0) is 40.5. The summed E-state index contributed by atoms with van der Waals surface area (Å²) in [7, 11) is -0.743. The van der Waals surface area contributed by atoms with E-state index in [1.54, 1.807) is 0 Å². The van der Waals surface area contributed by atoms with Crippen LogP contribution < -0.4 is 0 Å². The number of carbonyl (C=O) groups is 2. The van der Waals surface area contributed by atoms with Crippen LogP contribution in [0.4, 0.5) is 0 Å². The van der Waals surface area contributed by atoms with Crippen molar-refractivity contribution in [3.05, 3.63) is 72.9 Å². The van der Waals surface area contributed by atoms with Gasteiger partial charge in [-0.05, 0) is 97.6 Å². The molecule has 0 bridgehead atoms. The summed E-state index contributed by atoms with van der Waals surface area (Å²) < 4.78 is 33.4. The number of unbranched alkanes of at least 4 members (excludes halogenated alkanes) is 12. The van der Waals surface area contributed by atoms with Gasteiger partial charge in [0, 0.05) is 19.4 Å². The second-order valence-electron chi connectivity index (χ2n) is 14.1. The van der Waals surface area contributed by atoms with Crippen LogP contribution in [0.5, 0.6) is 0 Å². The minimum Gasteiger partial charge on any atom is -0.462 e. The Hall–Kier alpha value is -2.55. The van der Waals surface area contributed by atoms with Gasteiger partial charge in [0.2, 0.25) is 0 Å². The first-order valence-corrected chi connectivity index (χ1v) is 22.7. The summed E-state index contributed by atoms with van der Waals surface area (Å²) in [6, 6.07) is 0. The number of hydrogen-bond acceptors (Lipinski definition) is 8. The second-order valence-corrected chi connectivity index (χ2v) is 15.6. The molecule has 0 aliphatic rings. The quantitative estimate of drug-likeness (QED) is 0.0283. The maximum absolute atomic E-state index is 12.6. The van der Waals surface area contributed by atoms with Crippen LogP contribution in [-0.4, -0.2) is 68.3 Å². The van der Waals surface area contributed by atoms with Gasteiger partial charge in [0.25, 0.3) is 0 Å². The number of phosphoric ester groups is 1. The summed E-state index contributed by atoms with van der Waals surface area (Å²) in [6.45, 7) is 4.11. The van der Waals surface area contributed by atoms with E-state index in [0.717, 1.165) is 70.6 Å². The van der Waals surface area contributed by atoms with Crippen LogP contribution in [0.1, 0.15) is 155 Å². The van der Waals surface area contributed by atoms with E-state index in [-0.39, 0.29) is 26.1 Å². The fourth-order valence-electron chi connectivity index (χ4n) is 5.24. The number of phosphoric acid groups is 1. The van der Waals surface area contributed by atoms with E-state index in [1.165, 1.54) is 44.9 Å². The van der Waals surface area contributed by atoms with Crippen molar-refractivity contribution >= 4 is 19.8 Å². The van der Waals surface area contributed by atoms with Gasteiger partial charge in [-0.1, -0.05) is 132 Å². The molecule has 0 aromatic carbocycles. The molecule has 10 heteroatoms. The van der Waals surface area contributed by atoms with E-state index in [2.05, 4.69) is 86.8 Å². The Morgan fingerprint density at radius 3 is 1.58 bits per heavy atom. The number of hydrogen-bond donors (Lipinski definition) is 1. The predicted molar refractivity (Wildman–Crippen MR) is 229 cm³/mol. The molecule has 0 fully saturated rings. The Labute approximate surface area is 336 Å². The molecule has 0 aliphatic heterocycles. The van der Waals surface area contributed by atoms with Crippen molar-refractivity contribution in [2.24, 2.45) is 0 Å². The van der Waals surface area contributed by atoms with Crippen molar-refractivity contribution in [3.63, 3.8) is 0 Å². The smallest absolute Gasteiger partial charge is 0.462 e. The summed E-state index contributed by atoms with van der Waals surface area (Å²) in [5.41, 5.74) is 0. The van der Waals surface area contributed by atoms with Gasteiger partial charge in [-0.15, -0.1) is 0 Å². The second kappa shape index (κ2) is 39.7. The number of nitrogens with zero attached hydrogens (tertiary/aromatic N) is 1. The van der Waals surface area contributed by atoms with Gasteiger partial charge in [0.05, 0.1) is 13.2 Å². The minimum atomic E-state index is -4.38. The number of esters is 2. The number of allylic oxidation sites excluding steroid dienone is 12. The molecule has 0 aliphatic carbocycles. The van der Waals surface area contributed by atoms with E-state index < -0.39 is 32.5 Å². The molecule has 316 valence electrons. The largest absolute Gasteiger partial charge is 0.472 e. The number of carbonyl (C=O) groups excluding carboxylic acids is 2. The van der Waals surface area contributed by atoms with Crippen molar-refractivity contribution in [3.8, 4) is 0 Å². The van der Waals surface area contributed by atoms with Crippen molar-refractivity contribution in [2.45, 2.75) is 161 Å². The maximum Gasteiger partial charge on any atom is 0.472 e. The minimum absolute atomic E-state index is 0.00466. The van der Waals surface area contributed by atoms with Gasteiger partial charge in [0.1, 0.15) is 6.61 Å². The van der Waals surface area contributed by atoms with Crippen LogP contribution in [0.3, 0.4) is 0 Å². The first kappa shape index (κ1) is 52.5. The summed E-state index contributed by atoms with van der Waals surface area (Å²) in [5, 5.41) is 0. The topological polar surface area (TPSA) is 112 Å². The van der Waals surface area contributed by atoms with E-state index in [9.17, 15) is 19.0 Å². The third-order valence-corrected chi connectivity index (χ3v) is 9.48. The molecule has 0 saturated carbocycles. The van der Waals surface area contributed by atoms with Crippen molar-refractivity contribution < 1.29 is 37.6 Å². The molecule has 1 N–H and O–H groups in total. The summed E-state index contributed by atoms with van der Waals surface area (Å²) >= 11 is 0. The van der Waals surface area contributed by atoms with Crippen LogP contribution in [0, 0.1) is 0 Å². The Morgan fingerprint density at radius 2 is 1.04 bits per heavy atom. The molecule has 0 heterocycles. The fraction of sp³-hybridized carbons (Fsp3) is 0.689. The lowest BCUT2D eigenvalue weighted by atomic mass is 10.1. The summed E-state index contributed by atoms with van der Waals surface area (Å²) in [4.78, 5) is 37.0. The van der Waals surface area contributed by atoms with Gasteiger partial charge in [-0.25, -0.2) is 4.57 Å². The third-order valence-electron chi connectivity index (χ3n) is 8.50. The molecule has 0 radical (unpaired) electrons. The molecule has 9 nitrogen and oxygen atoms in total. The fourth-order valence-corrected chi connectivity index (χ4v) is 5.98. The van der Waals surface area contributed by atoms with Crippen molar-refractivity contribution in [2.75, 3.05) is 40.5 Å². The SMILES string of the molecule is CC/C=C\C/C=C\C/C=C\C/C=C\CCCCC(=O)OCC(COP(=O)(O)OCCN(C)C)OC(=O)CCCCCCCCC/C=C\C/C=C\CCCCC. The molecule has 0 rings (SSSR count). The molecule has 0 aromatic rings. The zero-order valence-electron chi connectivity index (χ0n) is 35.1. The highest BCUT2D eigenvalue weighted by Crippen LogP contribution is 2.43. The molecule has 2 unspecified atom stereocenters. The molecule has 0 aromatic heterocycles. The number of likely N-dealkylation sites (N-methyl/N-ethyl adjacent to an activating group) is 1. The van der Waals surface area contributed by atoms with Crippen LogP contribution in [0.25, 0.3) is 0 Å². The molecule has 2 atom stereocenters. The molecular weight excluding hydrogens is 713 g/mol. The Balaban J connectivity index is 4.40. The Bertz CT molecular complexity index is 1140. The van der Waals surface area contributed by atoms with Crippen LogP contribution in [-0.2, 0) is 32.7 Å². The third kappa shape index (κ3) is 40.9. The highest BCUT2D eigenvalue weighted by Gasteiger charge is 2.26. The maximum atomic E-state index is 12.6. The highest BCUT2D eigenvalue weighted by molar-refractivity contribution is 7.47. The van der Waals surface area contributed by atoms with Crippen molar-refractivity contribution in [1.29, 1.82) is 0 Å². The van der Waals surface area contributed by atoms with E-state index in [4.69, 9.17) is 18.5 Å². The number of rotatable bonds is 38. The first-order chi connectivity index (χ1) is 26.7. The van der Waals surface area contributed by atoms with Gasteiger partial charge in [0.15, 0.2) is 6.10 Å². The van der Waals surface area contributed by atoms with E-state index >= 15 is 0 Å². The monoisotopic (exact) mass is 792 g/mol. The normalized spacial score (nSPS) is 14.1. The summed E-state index contributed by atoms with van der Waals surface area (Å²) in [5.74, 6) is -0.867. The molecule has 0 saturated heterocycles. The average Bonchev–Trinajstić information content (AvgIpc) is 3.15. The molecule has 0 spiro atoms. The van der Waals surface area contributed by atoms with Crippen LogP contribution in [0.2, 0.25) is 0 Å². The van der Waals surface area contributed by atoms with Gasteiger partial charge < -0.3 is 19.3 Å². The van der Waals surface area contributed by atoms with Crippen LogP contribution >= 0.6 is 7.82 Å². The van der Waals surface area contributed by atoms with E-state index in [0.29, 0.717) is 19.4 Å². The first-order valence-electron chi connectivity index (χ1n) is 21.2. The van der Waals surface area contributed by atoms with Gasteiger partial charge in [-0.2, -0.15) is 0 Å². The van der Waals surface area contributed by atoms with Crippen molar-refractivity contribution in [1.82, 2.24) is 4.90 Å². The molecular formula is C45H78NO8P. The van der Waals surface area contributed by atoms with Crippen LogP contribution in [0.15, 0.2) is 72.9 Å². The summed E-state index contributed by atoms with van der Waals surface area (Å²) in [6.07, 6.45) is 46.6. The average molecular weight is 792 g/mol. The zero-order valence-corrected chi connectivity index (χ0v) is 36.0. The Kier molecular flexibility index (Phi) is 37.8. The number of ether oxygens (including phenoxy) is 2. The lowest BCUT2D eigenvalue weighted by Crippen LogP contribution is -2.29. The predicted octanol–water partition coefficient (Wildman–Crippen LogP) is 12.1. The molecule has 55 heavy (non-hydrogen) atoms. The highest BCUT2D eigenvalue weighted by atomic mass is 31.2. The van der Waals surface area contributed by atoms with E-state index in [1.807, 2.05) is 19.0 Å². The lowest BCUT2D eigenvalue weighted by Gasteiger charge is -2.20. The van der Waals surface area contributed by atoms with Gasteiger partial charge in [-0.3, -0.25) is 18.6 Å². The standard InChI is InChI=1S/C45H78NO8P/c1-5-7-9-11-13-15-17-19-21-22-24-26-28-30-32-34-36-38-45(48)54-43(42-53-55(49,50)52-40-39-46(3)4)41-51-44(47)37-35-33-31-29-27-25-23-20-18-16-14-12-10-8-6-2/h8,10,13-16,19-21,23,27,29,43H,5-7,9,11-12,17-18,22,24-26,28,30-42H2,1-4H3,(H,49,50)/b10-8-,15-13-,16-14-,21-19-,23-20-,29-27-. The Morgan fingerprint density at radius 1 is 0.582 bits per heavy atom.